The summed E-state index contributed by atoms with van der Waals surface area (Å²) in [6, 6.07) is 6.34. The number of nitrogens with one attached hydrogen (secondary N) is 1. The van der Waals surface area contributed by atoms with Crippen LogP contribution in [-0.2, 0) is 17.3 Å². The third-order valence-corrected chi connectivity index (χ3v) is 5.88. The Morgan fingerprint density at radius 3 is 2.50 bits per heavy atom. The molecule has 26 heavy (non-hydrogen) atoms. The number of pyridine rings is 1. The first-order valence-electron chi connectivity index (χ1n) is 8.71. The molecule has 0 saturated carbocycles. The van der Waals surface area contributed by atoms with Crippen molar-refractivity contribution in [1.29, 1.82) is 0 Å². The van der Waals surface area contributed by atoms with E-state index < -0.39 is 5.41 Å². The fraction of sp³-hybridized carbons (Fsp3) is 0.381. The number of H-pyrrole nitrogens is 1. The van der Waals surface area contributed by atoms with E-state index in [9.17, 15) is 9.50 Å². The lowest BCUT2D eigenvalue weighted by atomic mass is 9.78. The van der Waals surface area contributed by atoms with Gasteiger partial charge in [0.15, 0.2) is 0 Å². The molecule has 0 saturated heterocycles. The molecule has 0 aliphatic rings. The summed E-state index contributed by atoms with van der Waals surface area (Å²) in [6.07, 6.45) is 4.47. The van der Waals surface area contributed by atoms with Crippen LogP contribution in [0, 0.1) is 5.82 Å². The van der Waals surface area contributed by atoms with Crippen LogP contribution in [0.1, 0.15) is 44.4 Å². The fourth-order valence-electron chi connectivity index (χ4n) is 3.45. The van der Waals surface area contributed by atoms with Crippen molar-refractivity contribution in [3.63, 3.8) is 0 Å². The van der Waals surface area contributed by atoms with Gasteiger partial charge in [-0.1, -0.05) is 33.8 Å². The molecule has 138 valence electrons. The van der Waals surface area contributed by atoms with Gasteiger partial charge in [-0.15, -0.1) is 0 Å². The maximum Gasteiger partial charge on any atom is 0.130 e. The number of fused-ring (bicyclic) bond motifs is 1. The smallest absolute Gasteiger partial charge is 0.130 e. The van der Waals surface area contributed by atoms with E-state index in [-0.39, 0.29) is 17.0 Å². The van der Waals surface area contributed by atoms with Crippen molar-refractivity contribution in [1.82, 2.24) is 9.97 Å². The predicted molar refractivity (Wildman–Crippen MR) is 108 cm³/mol. The first kappa shape index (κ1) is 18.8. The molecule has 0 unspecified atom stereocenters. The monoisotopic (exact) mass is 372 g/mol. The first-order valence-corrected chi connectivity index (χ1v) is 9.34. The molecular weight excluding hydrogens is 347 g/mol. The van der Waals surface area contributed by atoms with Crippen LogP contribution >= 0.6 is 12.6 Å². The molecule has 0 spiro atoms. The molecule has 0 aliphatic heterocycles. The van der Waals surface area contributed by atoms with E-state index in [1.165, 1.54) is 12.1 Å². The summed E-state index contributed by atoms with van der Waals surface area (Å²) in [6.45, 7) is 8.31. The molecule has 3 aromatic rings. The van der Waals surface area contributed by atoms with Gasteiger partial charge in [-0.2, -0.15) is 12.6 Å². The summed E-state index contributed by atoms with van der Waals surface area (Å²) < 4.78 is 14.4. The number of aromatic hydroxyl groups is 1. The second-order valence-electron chi connectivity index (χ2n) is 8.16. The molecule has 2 heterocycles. The van der Waals surface area contributed by atoms with E-state index in [1.807, 2.05) is 32.3 Å². The van der Waals surface area contributed by atoms with E-state index in [1.54, 1.807) is 6.07 Å². The molecule has 2 N–H and O–H groups in total. The summed E-state index contributed by atoms with van der Waals surface area (Å²) in [4.78, 5) is 7.94. The second kappa shape index (κ2) is 6.62. The van der Waals surface area contributed by atoms with Crippen molar-refractivity contribution < 1.29 is 9.50 Å². The Labute approximate surface area is 159 Å². The Hall–Kier alpha value is -2.01. The molecule has 3 nitrogen and oxygen atoms in total. The Kier molecular flexibility index (Phi) is 4.78. The minimum Gasteiger partial charge on any atom is -0.508 e. The van der Waals surface area contributed by atoms with E-state index in [0.717, 1.165) is 27.9 Å². The number of thiol groups is 1. The number of nitrogens with zero attached hydrogens (tertiary/aromatic N) is 1. The van der Waals surface area contributed by atoms with Crippen molar-refractivity contribution >= 4 is 23.7 Å². The number of hydrogen-bond acceptors (Lipinski definition) is 3. The largest absolute Gasteiger partial charge is 0.508 e. The lowest BCUT2D eigenvalue weighted by Crippen LogP contribution is -2.22. The third kappa shape index (κ3) is 3.32. The van der Waals surface area contributed by atoms with Crippen LogP contribution in [0.25, 0.3) is 11.0 Å². The Morgan fingerprint density at radius 2 is 1.85 bits per heavy atom. The number of hydrogen-bond donors (Lipinski definition) is 3. The minimum absolute atomic E-state index is 0.0589. The molecule has 0 atom stereocenters. The van der Waals surface area contributed by atoms with Crippen LogP contribution in [0.15, 0.2) is 36.7 Å². The third-order valence-electron chi connectivity index (χ3n) is 5.09. The normalized spacial score (nSPS) is 12.7. The van der Waals surface area contributed by atoms with Gasteiger partial charge < -0.3 is 10.1 Å². The number of phenolic OH excluding ortho intramolecular Hbond substituents is 1. The SMILES string of the molecule is CC(C)(Cc1ccnc2c(C(C)(C)CS)c[nH]c12)c1ccc(O)cc1F. The lowest BCUT2D eigenvalue weighted by molar-refractivity contribution is 0.453. The van der Waals surface area contributed by atoms with Gasteiger partial charge in [0.1, 0.15) is 11.6 Å². The Bertz CT molecular complexity index is 946. The second-order valence-corrected chi connectivity index (χ2v) is 8.48. The summed E-state index contributed by atoms with van der Waals surface area (Å²) in [5, 5.41) is 9.48. The van der Waals surface area contributed by atoms with Gasteiger partial charge in [0.2, 0.25) is 0 Å². The number of aromatic nitrogens is 2. The maximum atomic E-state index is 14.4. The fourth-order valence-corrected chi connectivity index (χ4v) is 3.62. The highest BCUT2D eigenvalue weighted by molar-refractivity contribution is 7.80. The number of phenols is 1. The van der Waals surface area contributed by atoms with Gasteiger partial charge in [0.05, 0.1) is 11.0 Å². The molecule has 5 heteroatoms. The van der Waals surface area contributed by atoms with E-state index in [4.69, 9.17) is 0 Å². The van der Waals surface area contributed by atoms with Crippen LogP contribution in [0.5, 0.6) is 5.75 Å². The number of rotatable bonds is 5. The summed E-state index contributed by atoms with van der Waals surface area (Å²) in [5.74, 6) is 0.274. The Balaban J connectivity index is 2.03. The van der Waals surface area contributed by atoms with Gasteiger partial charge >= 0.3 is 0 Å². The van der Waals surface area contributed by atoms with Crippen molar-refractivity contribution in [2.75, 3.05) is 5.75 Å². The quantitative estimate of drug-likeness (QED) is 0.544. The van der Waals surface area contributed by atoms with Crippen molar-refractivity contribution in [3.05, 3.63) is 59.2 Å². The number of benzene rings is 1. The van der Waals surface area contributed by atoms with Gasteiger partial charge in [0.25, 0.3) is 0 Å². The highest BCUT2D eigenvalue weighted by Gasteiger charge is 2.28. The molecule has 1 aromatic carbocycles. The standard InChI is InChI=1S/C21H25FN2OS/c1-20(2,15-6-5-14(25)9-17(15)22)10-13-7-8-23-19-16(11-24-18(13)19)21(3,4)12-26/h5-9,11,24-26H,10,12H2,1-4H3. The zero-order valence-corrected chi connectivity index (χ0v) is 16.5. The summed E-state index contributed by atoms with van der Waals surface area (Å²) in [7, 11) is 0. The molecule has 0 radical (unpaired) electrons. The maximum absolute atomic E-state index is 14.4. The highest BCUT2D eigenvalue weighted by Crippen LogP contribution is 2.35. The molecule has 0 amide bonds. The first-order chi connectivity index (χ1) is 12.2. The van der Waals surface area contributed by atoms with Gasteiger partial charge in [-0.3, -0.25) is 4.98 Å². The van der Waals surface area contributed by atoms with E-state index in [0.29, 0.717) is 12.0 Å². The molecule has 0 bridgehead atoms. The lowest BCUT2D eigenvalue weighted by Gasteiger charge is -2.26. The highest BCUT2D eigenvalue weighted by atomic mass is 32.1. The van der Waals surface area contributed by atoms with Gasteiger partial charge in [-0.25, -0.2) is 4.39 Å². The van der Waals surface area contributed by atoms with Crippen LogP contribution in [0.3, 0.4) is 0 Å². The zero-order valence-electron chi connectivity index (χ0n) is 15.6. The average molecular weight is 373 g/mol. The van der Waals surface area contributed by atoms with Crippen molar-refractivity contribution in [2.24, 2.45) is 0 Å². The van der Waals surface area contributed by atoms with Crippen molar-refractivity contribution in [2.45, 2.75) is 44.9 Å². The Morgan fingerprint density at radius 1 is 1.12 bits per heavy atom. The van der Waals surface area contributed by atoms with Crippen LogP contribution in [0.2, 0.25) is 0 Å². The zero-order chi connectivity index (χ0) is 19.1. The van der Waals surface area contributed by atoms with Crippen LogP contribution in [-0.4, -0.2) is 20.8 Å². The van der Waals surface area contributed by atoms with Crippen molar-refractivity contribution in [3.8, 4) is 5.75 Å². The van der Waals surface area contributed by atoms with Crippen LogP contribution < -0.4 is 0 Å². The molecule has 3 rings (SSSR count). The molecular formula is C21H25FN2OS. The summed E-state index contributed by atoms with van der Waals surface area (Å²) >= 11 is 4.47. The minimum atomic E-state index is -0.434. The van der Waals surface area contributed by atoms with Gasteiger partial charge in [-0.05, 0) is 40.8 Å². The molecule has 0 fully saturated rings. The number of halogens is 1. The molecule has 0 aliphatic carbocycles. The predicted octanol–water partition coefficient (Wildman–Crippen LogP) is 5.14. The topological polar surface area (TPSA) is 48.9 Å². The van der Waals surface area contributed by atoms with Gasteiger partial charge in [0, 0.05) is 29.4 Å². The van der Waals surface area contributed by atoms with E-state index in [2.05, 4.69) is 36.4 Å². The average Bonchev–Trinajstić information content (AvgIpc) is 3.00. The van der Waals surface area contributed by atoms with Crippen LogP contribution in [0.4, 0.5) is 4.39 Å². The summed E-state index contributed by atoms with van der Waals surface area (Å²) in [5.41, 5.74) is 4.23. The molecule has 2 aromatic heterocycles. The number of aromatic amines is 1. The van der Waals surface area contributed by atoms with E-state index >= 15 is 0 Å².